The van der Waals surface area contributed by atoms with Crippen LogP contribution in [0, 0.1) is 6.92 Å². The molecule has 82 valence electrons. The van der Waals surface area contributed by atoms with Crippen LogP contribution >= 0.6 is 0 Å². The van der Waals surface area contributed by atoms with Crippen molar-refractivity contribution in [3.63, 3.8) is 0 Å². The Labute approximate surface area is 91.9 Å². The Balaban J connectivity index is 0.000000531. The quantitative estimate of drug-likeness (QED) is 0.687. The van der Waals surface area contributed by atoms with Crippen LogP contribution in [0.4, 0.5) is 0 Å². The molecule has 0 saturated carbocycles. The van der Waals surface area contributed by atoms with E-state index in [1.165, 1.54) is 16.5 Å². The fourth-order valence-corrected chi connectivity index (χ4v) is 1.70. The molecule has 2 heteroatoms. The first kappa shape index (κ1) is 11.8. The van der Waals surface area contributed by atoms with E-state index in [9.17, 15) is 0 Å². The second-order valence-corrected chi connectivity index (χ2v) is 3.71. The molecule has 2 aromatic heterocycles. The van der Waals surface area contributed by atoms with Crippen molar-refractivity contribution in [2.75, 3.05) is 0 Å². The number of hydrogen-bond donors (Lipinski definition) is 0. The topological polar surface area (TPSA) is 17.8 Å². The molecule has 0 radical (unpaired) electrons. The van der Waals surface area contributed by atoms with Gasteiger partial charge in [0.1, 0.15) is 0 Å². The lowest BCUT2D eigenvalue weighted by atomic mass is 10.2. The van der Waals surface area contributed by atoms with Gasteiger partial charge in [-0.1, -0.05) is 13.8 Å². The number of hydrogen-bond acceptors (Lipinski definition) is 1. The van der Waals surface area contributed by atoms with Crippen molar-refractivity contribution in [3.05, 3.63) is 30.2 Å². The summed E-state index contributed by atoms with van der Waals surface area (Å²) >= 11 is 0. The Hall–Kier alpha value is -1.31. The van der Waals surface area contributed by atoms with Crippen molar-refractivity contribution in [1.29, 1.82) is 0 Å². The van der Waals surface area contributed by atoms with E-state index in [2.05, 4.69) is 42.6 Å². The summed E-state index contributed by atoms with van der Waals surface area (Å²) < 4.78 is 2.26. The van der Waals surface area contributed by atoms with Crippen LogP contribution in [-0.2, 0) is 0 Å². The van der Waals surface area contributed by atoms with Crippen LogP contribution in [0.1, 0.15) is 39.3 Å². The van der Waals surface area contributed by atoms with Gasteiger partial charge in [-0.05, 0) is 32.4 Å². The fourth-order valence-electron chi connectivity index (χ4n) is 1.70. The molecule has 2 aromatic rings. The van der Waals surface area contributed by atoms with Crippen LogP contribution < -0.4 is 0 Å². The van der Waals surface area contributed by atoms with Crippen LogP contribution in [0.15, 0.2) is 24.7 Å². The monoisotopic (exact) mass is 204 g/mol. The third-order valence-corrected chi connectivity index (χ3v) is 2.39. The number of fused-ring (bicyclic) bond motifs is 1. The summed E-state index contributed by atoms with van der Waals surface area (Å²) in [6.45, 7) is 10.5. The van der Waals surface area contributed by atoms with E-state index in [-0.39, 0.29) is 0 Å². The molecule has 0 spiro atoms. The maximum atomic E-state index is 4.15. The first-order chi connectivity index (χ1) is 7.20. The zero-order valence-corrected chi connectivity index (χ0v) is 10.3. The lowest BCUT2D eigenvalue weighted by Crippen LogP contribution is -1.97. The fraction of sp³-hybridized carbons (Fsp3) is 0.462. The van der Waals surface area contributed by atoms with E-state index in [4.69, 9.17) is 0 Å². The average molecular weight is 204 g/mol. The first-order valence-corrected chi connectivity index (χ1v) is 5.61. The highest BCUT2D eigenvalue weighted by Crippen LogP contribution is 2.22. The molecular formula is C13H20N2. The van der Waals surface area contributed by atoms with E-state index < -0.39 is 0 Å². The molecule has 0 atom stereocenters. The van der Waals surface area contributed by atoms with E-state index in [1.54, 1.807) is 0 Å². The summed E-state index contributed by atoms with van der Waals surface area (Å²) in [7, 11) is 0. The normalized spacial score (nSPS) is 10.3. The maximum Gasteiger partial charge on any atom is 0.0671 e. The highest BCUT2D eigenvalue weighted by molar-refractivity contribution is 5.82. The van der Waals surface area contributed by atoms with Crippen molar-refractivity contribution < 1.29 is 0 Å². The van der Waals surface area contributed by atoms with Crippen LogP contribution in [0.25, 0.3) is 10.9 Å². The van der Waals surface area contributed by atoms with Crippen molar-refractivity contribution >= 4 is 10.9 Å². The van der Waals surface area contributed by atoms with Gasteiger partial charge >= 0.3 is 0 Å². The molecule has 0 bridgehead atoms. The second-order valence-electron chi connectivity index (χ2n) is 3.71. The minimum Gasteiger partial charge on any atom is -0.343 e. The molecule has 2 nitrogen and oxygen atoms in total. The molecule has 0 unspecified atom stereocenters. The molecule has 0 aromatic carbocycles. The molecule has 0 aliphatic rings. The zero-order valence-electron chi connectivity index (χ0n) is 10.3. The van der Waals surface area contributed by atoms with Gasteiger partial charge in [-0.2, -0.15) is 0 Å². The van der Waals surface area contributed by atoms with Gasteiger partial charge in [0.05, 0.1) is 11.7 Å². The molecule has 2 heterocycles. The van der Waals surface area contributed by atoms with E-state index in [0.717, 1.165) is 0 Å². The summed E-state index contributed by atoms with van der Waals surface area (Å²) in [5.74, 6) is 0. The van der Waals surface area contributed by atoms with Crippen molar-refractivity contribution in [1.82, 2.24) is 9.55 Å². The summed E-state index contributed by atoms with van der Waals surface area (Å²) in [5.41, 5.74) is 2.56. The van der Waals surface area contributed by atoms with Crippen LogP contribution in [0.2, 0.25) is 0 Å². The molecule has 2 rings (SSSR count). The highest BCUT2D eigenvalue weighted by atomic mass is 15.0. The van der Waals surface area contributed by atoms with Gasteiger partial charge in [0.25, 0.3) is 0 Å². The largest absolute Gasteiger partial charge is 0.343 e. The Bertz CT molecular complexity index is 427. The van der Waals surface area contributed by atoms with E-state index in [1.807, 2.05) is 26.2 Å². The molecule has 0 saturated heterocycles. The lowest BCUT2D eigenvalue weighted by Gasteiger charge is -2.07. The first-order valence-electron chi connectivity index (χ1n) is 5.61. The zero-order chi connectivity index (χ0) is 11.4. The number of aromatic nitrogens is 2. The van der Waals surface area contributed by atoms with Gasteiger partial charge in [0.2, 0.25) is 0 Å². The Morgan fingerprint density at radius 1 is 1.27 bits per heavy atom. The lowest BCUT2D eigenvalue weighted by molar-refractivity contribution is 0.621. The standard InChI is InChI=1S/C11H14N2.C2H6/c1-8(2)13-7-9(3)10-4-5-12-6-11(10)13;1-2/h4-8H,1-3H3;1-2H3. The number of nitrogens with zero attached hydrogens (tertiary/aromatic N) is 2. The van der Waals surface area contributed by atoms with E-state index in [0.29, 0.717) is 6.04 Å². The van der Waals surface area contributed by atoms with Gasteiger partial charge in [0, 0.05) is 23.8 Å². The molecule has 0 amide bonds. The number of pyridine rings is 1. The minimum absolute atomic E-state index is 0.500. The van der Waals surface area contributed by atoms with Crippen molar-refractivity contribution in [2.45, 2.75) is 40.7 Å². The Morgan fingerprint density at radius 2 is 1.93 bits per heavy atom. The van der Waals surface area contributed by atoms with E-state index >= 15 is 0 Å². The van der Waals surface area contributed by atoms with Crippen molar-refractivity contribution in [2.24, 2.45) is 0 Å². The Kier molecular flexibility index (Phi) is 3.89. The summed E-state index contributed by atoms with van der Waals surface area (Å²) in [4.78, 5) is 4.15. The SMILES string of the molecule is CC.Cc1cn(C(C)C)c2cnccc12. The third-order valence-electron chi connectivity index (χ3n) is 2.39. The minimum atomic E-state index is 0.500. The molecule has 0 N–H and O–H groups in total. The summed E-state index contributed by atoms with van der Waals surface area (Å²) in [6, 6.07) is 2.57. The van der Waals surface area contributed by atoms with Crippen molar-refractivity contribution in [3.8, 4) is 0 Å². The van der Waals surface area contributed by atoms with Gasteiger partial charge in [-0.15, -0.1) is 0 Å². The smallest absolute Gasteiger partial charge is 0.0671 e. The van der Waals surface area contributed by atoms with Gasteiger partial charge in [0.15, 0.2) is 0 Å². The molecule has 0 fully saturated rings. The number of aryl methyl sites for hydroxylation is 1. The summed E-state index contributed by atoms with van der Waals surface area (Å²) in [5, 5.41) is 1.31. The third kappa shape index (κ3) is 2.20. The van der Waals surface area contributed by atoms with Gasteiger partial charge in [-0.25, -0.2) is 0 Å². The van der Waals surface area contributed by atoms with Gasteiger partial charge in [-0.3, -0.25) is 4.98 Å². The molecule has 0 aliphatic heterocycles. The maximum absolute atomic E-state index is 4.15. The Morgan fingerprint density at radius 3 is 2.53 bits per heavy atom. The van der Waals surface area contributed by atoms with Crippen LogP contribution in [0.3, 0.4) is 0 Å². The van der Waals surface area contributed by atoms with Crippen LogP contribution in [-0.4, -0.2) is 9.55 Å². The predicted octanol–water partition coefficient (Wildman–Crippen LogP) is 3.95. The molecule has 15 heavy (non-hydrogen) atoms. The van der Waals surface area contributed by atoms with Gasteiger partial charge < -0.3 is 4.57 Å². The molecule has 0 aliphatic carbocycles. The van der Waals surface area contributed by atoms with Crippen LogP contribution in [0.5, 0.6) is 0 Å². The predicted molar refractivity (Wildman–Crippen MR) is 66.2 cm³/mol. The number of rotatable bonds is 1. The molecular weight excluding hydrogens is 184 g/mol. The highest BCUT2D eigenvalue weighted by Gasteiger charge is 2.06. The summed E-state index contributed by atoms with van der Waals surface area (Å²) in [6.07, 6.45) is 5.97. The average Bonchev–Trinajstić information content (AvgIpc) is 2.60. The second kappa shape index (κ2) is 4.96.